The number of primary amides is 1. The van der Waals surface area contributed by atoms with E-state index in [0.717, 1.165) is 6.42 Å². The Balaban J connectivity index is 1.93. The molecule has 1 saturated carbocycles. The number of hydrogen-bond acceptors (Lipinski definition) is 4. The van der Waals surface area contributed by atoms with Gasteiger partial charge in [0.25, 0.3) is 0 Å². The fraction of sp³-hybridized carbons (Fsp3) is 0.909. The minimum Gasteiger partial charge on any atom is -0.448 e. The zero-order valence-electron chi connectivity index (χ0n) is 9.65. The fourth-order valence-electron chi connectivity index (χ4n) is 2.21. The van der Waals surface area contributed by atoms with E-state index in [-0.39, 0.29) is 12.7 Å². The van der Waals surface area contributed by atoms with Crippen LogP contribution in [0.25, 0.3) is 0 Å². The number of carbonyl (C=O) groups excluding carboxylic acids is 1. The molecule has 16 heavy (non-hydrogen) atoms. The second kappa shape index (κ2) is 7.46. The molecular formula is C11H22N2O3. The molecule has 0 radical (unpaired) electrons. The van der Waals surface area contributed by atoms with Gasteiger partial charge in [-0.2, -0.15) is 0 Å². The van der Waals surface area contributed by atoms with Crippen molar-refractivity contribution in [3.05, 3.63) is 0 Å². The van der Waals surface area contributed by atoms with Crippen LogP contribution < -0.4 is 11.1 Å². The monoisotopic (exact) mass is 230 g/mol. The average Bonchev–Trinajstić information content (AvgIpc) is 2.69. The lowest BCUT2D eigenvalue weighted by Gasteiger charge is -2.15. The molecule has 0 aromatic heterocycles. The summed E-state index contributed by atoms with van der Waals surface area (Å²) in [5.41, 5.74) is 4.81. The molecule has 0 saturated heterocycles. The van der Waals surface area contributed by atoms with Crippen LogP contribution in [0, 0.1) is 5.92 Å². The van der Waals surface area contributed by atoms with E-state index in [1.54, 1.807) is 0 Å². The van der Waals surface area contributed by atoms with Gasteiger partial charge in [-0.3, -0.25) is 0 Å². The molecule has 1 amide bonds. The van der Waals surface area contributed by atoms with Crippen LogP contribution in [0.3, 0.4) is 0 Å². The van der Waals surface area contributed by atoms with Crippen molar-refractivity contribution in [2.75, 3.05) is 19.7 Å². The van der Waals surface area contributed by atoms with E-state index >= 15 is 0 Å². The first-order valence-corrected chi connectivity index (χ1v) is 5.99. The molecule has 4 N–H and O–H groups in total. The van der Waals surface area contributed by atoms with Gasteiger partial charge in [0.2, 0.25) is 0 Å². The molecule has 0 aromatic carbocycles. The molecule has 1 rings (SSSR count). The summed E-state index contributed by atoms with van der Waals surface area (Å²) in [6.45, 7) is 1.34. The smallest absolute Gasteiger partial charge is 0.404 e. The van der Waals surface area contributed by atoms with E-state index in [4.69, 9.17) is 5.73 Å². The van der Waals surface area contributed by atoms with Gasteiger partial charge in [0.05, 0.1) is 6.10 Å². The van der Waals surface area contributed by atoms with Gasteiger partial charge in [0, 0.05) is 13.1 Å². The first-order chi connectivity index (χ1) is 7.68. The highest BCUT2D eigenvalue weighted by Crippen LogP contribution is 2.28. The lowest BCUT2D eigenvalue weighted by Crippen LogP contribution is -2.31. The van der Waals surface area contributed by atoms with E-state index in [0.29, 0.717) is 19.0 Å². The van der Waals surface area contributed by atoms with Crippen LogP contribution in [0.1, 0.15) is 32.1 Å². The predicted molar refractivity (Wildman–Crippen MR) is 61.0 cm³/mol. The number of aliphatic hydroxyl groups excluding tert-OH is 1. The summed E-state index contributed by atoms with van der Waals surface area (Å²) in [4.78, 5) is 10.2. The van der Waals surface area contributed by atoms with Crippen LogP contribution >= 0.6 is 0 Å². The summed E-state index contributed by atoms with van der Waals surface area (Å²) in [7, 11) is 0. The van der Waals surface area contributed by atoms with Gasteiger partial charge in [-0.1, -0.05) is 25.7 Å². The van der Waals surface area contributed by atoms with Gasteiger partial charge >= 0.3 is 6.09 Å². The van der Waals surface area contributed by atoms with Crippen molar-refractivity contribution in [1.82, 2.24) is 5.32 Å². The van der Waals surface area contributed by atoms with Crippen molar-refractivity contribution < 1.29 is 14.6 Å². The van der Waals surface area contributed by atoms with Gasteiger partial charge in [0.1, 0.15) is 6.61 Å². The molecule has 1 aliphatic carbocycles. The molecule has 5 nitrogen and oxygen atoms in total. The van der Waals surface area contributed by atoms with Gasteiger partial charge < -0.3 is 20.9 Å². The molecule has 0 heterocycles. The fourth-order valence-corrected chi connectivity index (χ4v) is 2.21. The molecule has 1 unspecified atom stereocenters. The van der Waals surface area contributed by atoms with E-state index in [1.165, 1.54) is 25.7 Å². The van der Waals surface area contributed by atoms with Crippen LogP contribution in [0.15, 0.2) is 0 Å². The maximum absolute atomic E-state index is 10.2. The Labute approximate surface area is 96.3 Å². The van der Waals surface area contributed by atoms with E-state index in [1.807, 2.05) is 0 Å². The second-order valence-electron chi connectivity index (χ2n) is 4.41. The zero-order chi connectivity index (χ0) is 11.8. The highest BCUT2D eigenvalue weighted by atomic mass is 16.5. The Morgan fingerprint density at radius 2 is 2.19 bits per heavy atom. The zero-order valence-corrected chi connectivity index (χ0v) is 9.65. The third kappa shape index (κ3) is 5.92. The largest absolute Gasteiger partial charge is 0.448 e. The van der Waals surface area contributed by atoms with Gasteiger partial charge in [-0.15, -0.1) is 0 Å². The minimum absolute atomic E-state index is 0.255. The van der Waals surface area contributed by atoms with Crippen molar-refractivity contribution >= 4 is 6.09 Å². The van der Waals surface area contributed by atoms with Crippen molar-refractivity contribution in [1.29, 1.82) is 0 Å². The lowest BCUT2D eigenvalue weighted by molar-refractivity contribution is 0.133. The lowest BCUT2D eigenvalue weighted by atomic mass is 10.0. The normalized spacial score (nSPS) is 18.6. The van der Waals surface area contributed by atoms with Crippen molar-refractivity contribution in [2.45, 2.75) is 38.2 Å². The maximum Gasteiger partial charge on any atom is 0.404 e. The quantitative estimate of drug-likeness (QED) is 0.559. The standard InChI is InChI=1S/C11H22N2O3/c12-11(15)16-6-5-13-8-10(14)7-9-3-1-2-4-9/h9-10,13-14H,1-8H2,(H2,12,15). The molecule has 1 aliphatic rings. The average molecular weight is 230 g/mol. The summed E-state index contributed by atoms with van der Waals surface area (Å²) < 4.78 is 4.55. The topological polar surface area (TPSA) is 84.6 Å². The molecule has 1 fully saturated rings. The molecule has 94 valence electrons. The molecule has 1 atom stereocenters. The third-order valence-corrected chi connectivity index (χ3v) is 2.98. The SMILES string of the molecule is NC(=O)OCCNCC(O)CC1CCCC1. The van der Waals surface area contributed by atoms with Gasteiger partial charge in [-0.25, -0.2) is 4.79 Å². The summed E-state index contributed by atoms with van der Waals surface area (Å²) in [6.07, 6.45) is 4.94. The highest BCUT2D eigenvalue weighted by molar-refractivity contribution is 5.64. The van der Waals surface area contributed by atoms with E-state index in [2.05, 4.69) is 10.1 Å². The van der Waals surface area contributed by atoms with Crippen molar-refractivity contribution in [2.24, 2.45) is 11.7 Å². The molecule has 0 aliphatic heterocycles. The van der Waals surface area contributed by atoms with Crippen LogP contribution in [0.2, 0.25) is 0 Å². The Morgan fingerprint density at radius 3 is 2.81 bits per heavy atom. The molecule has 5 heteroatoms. The molecule has 0 spiro atoms. The van der Waals surface area contributed by atoms with Gasteiger partial charge in [-0.05, 0) is 12.3 Å². The van der Waals surface area contributed by atoms with Crippen LogP contribution in [0.4, 0.5) is 4.79 Å². The summed E-state index contributed by atoms with van der Waals surface area (Å²) in [6, 6.07) is 0. The van der Waals surface area contributed by atoms with Gasteiger partial charge in [0.15, 0.2) is 0 Å². The molecule has 0 aromatic rings. The van der Waals surface area contributed by atoms with Crippen LogP contribution in [-0.4, -0.2) is 37.0 Å². The number of ether oxygens (including phenoxy) is 1. The van der Waals surface area contributed by atoms with Crippen LogP contribution in [0.5, 0.6) is 0 Å². The van der Waals surface area contributed by atoms with Crippen molar-refractivity contribution in [3.8, 4) is 0 Å². The van der Waals surface area contributed by atoms with E-state index in [9.17, 15) is 9.90 Å². The number of aliphatic hydroxyl groups is 1. The number of hydrogen-bond donors (Lipinski definition) is 3. The summed E-state index contributed by atoms with van der Waals surface area (Å²) >= 11 is 0. The predicted octanol–water partition coefficient (Wildman–Crippen LogP) is 0.612. The molecular weight excluding hydrogens is 208 g/mol. The summed E-state index contributed by atoms with van der Waals surface area (Å²) in [5.74, 6) is 0.693. The first-order valence-electron chi connectivity index (χ1n) is 5.99. The number of rotatable bonds is 7. The first kappa shape index (κ1) is 13.3. The minimum atomic E-state index is -0.756. The molecule has 0 bridgehead atoms. The Kier molecular flexibility index (Phi) is 6.18. The Hall–Kier alpha value is -0.810. The number of amides is 1. The Bertz CT molecular complexity index is 205. The maximum atomic E-state index is 10.2. The van der Waals surface area contributed by atoms with Crippen LogP contribution in [-0.2, 0) is 4.74 Å². The summed E-state index contributed by atoms with van der Waals surface area (Å²) in [5, 5.41) is 12.8. The second-order valence-corrected chi connectivity index (χ2v) is 4.41. The van der Waals surface area contributed by atoms with Crippen molar-refractivity contribution in [3.63, 3.8) is 0 Å². The number of carbonyl (C=O) groups is 1. The number of nitrogens with one attached hydrogen (secondary N) is 1. The highest BCUT2D eigenvalue weighted by Gasteiger charge is 2.18. The Morgan fingerprint density at radius 1 is 1.50 bits per heavy atom. The number of nitrogens with two attached hydrogens (primary N) is 1. The third-order valence-electron chi connectivity index (χ3n) is 2.98. The van der Waals surface area contributed by atoms with E-state index < -0.39 is 6.09 Å².